The predicted molar refractivity (Wildman–Crippen MR) is 136 cm³/mol. The number of nitrogens with zero attached hydrogens (tertiary/aromatic N) is 3. The van der Waals surface area contributed by atoms with E-state index in [-0.39, 0.29) is 38.2 Å². The zero-order chi connectivity index (χ0) is 24.3. The Labute approximate surface area is 216 Å². The van der Waals surface area contributed by atoms with Crippen LogP contribution in [-0.4, -0.2) is 40.7 Å². The molecule has 0 aliphatic heterocycles. The highest BCUT2D eigenvalue weighted by Crippen LogP contribution is 2.37. The summed E-state index contributed by atoms with van der Waals surface area (Å²) in [4.78, 5) is 25.7. The van der Waals surface area contributed by atoms with E-state index in [1.54, 1.807) is 13.8 Å². The topological polar surface area (TPSA) is 124 Å². The van der Waals surface area contributed by atoms with Gasteiger partial charge in [-0.1, -0.05) is 11.3 Å². The summed E-state index contributed by atoms with van der Waals surface area (Å²) in [6, 6.07) is -0.521. The molecule has 0 saturated carbocycles. The Morgan fingerprint density at radius 1 is 1.23 bits per heavy atom. The number of hydrogen-bond donors (Lipinski definition) is 3. The smallest absolute Gasteiger partial charge is 0.421 e. The fourth-order valence-corrected chi connectivity index (χ4v) is 3.74. The number of carbonyl (C=O) groups excluding carboxylic acids is 1. The maximum Gasteiger partial charge on any atom is 0.421 e. The van der Waals surface area contributed by atoms with Crippen LogP contribution in [0.25, 0.3) is 10.3 Å². The molecule has 3 rings (SSSR count). The molecule has 4 N–H and O–H groups in total. The van der Waals surface area contributed by atoms with E-state index in [0.29, 0.717) is 21.6 Å². The monoisotopic (exact) mass is 554 g/mol. The Hall–Kier alpha value is -2.39. The number of aromatic nitrogens is 3. The lowest BCUT2D eigenvalue weighted by atomic mass is 10.1. The van der Waals surface area contributed by atoms with E-state index in [0.717, 1.165) is 17.3 Å². The molecule has 2 atom stereocenters. The van der Waals surface area contributed by atoms with Crippen LogP contribution in [0.15, 0.2) is 18.5 Å². The molecule has 0 spiro atoms. The van der Waals surface area contributed by atoms with Gasteiger partial charge in [-0.15, -0.1) is 12.4 Å². The highest BCUT2D eigenvalue weighted by molar-refractivity contribution is 7.59. The minimum atomic E-state index is -4.74. The average molecular weight is 555 g/mol. The van der Waals surface area contributed by atoms with Crippen molar-refractivity contribution in [3.8, 4) is 5.88 Å². The molecule has 3 aromatic heterocycles. The van der Waals surface area contributed by atoms with Gasteiger partial charge in [-0.05, 0) is 26.8 Å². The van der Waals surface area contributed by atoms with Crippen LogP contribution in [0.1, 0.15) is 36.1 Å². The number of pyridine rings is 2. The van der Waals surface area contributed by atoms with E-state index in [9.17, 15) is 18.0 Å². The van der Waals surface area contributed by atoms with E-state index in [1.807, 2.05) is 6.92 Å². The molecule has 35 heavy (non-hydrogen) atoms. The Morgan fingerprint density at radius 2 is 1.91 bits per heavy atom. The van der Waals surface area contributed by atoms with Crippen molar-refractivity contribution in [3.63, 3.8) is 0 Å². The fraction of sp³-hybridized carbons (Fsp3) is 0.400. The number of urea groups is 1. The summed E-state index contributed by atoms with van der Waals surface area (Å²) in [6.07, 6.45) is -2.65. The number of alkyl halides is 3. The van der Waals surface area contributed by atoms with Crippen LogP contribution in [0.5, 0.6) is 5.88 Å². The summed E-state index contributed by atoms with van der Waals surface area (Å²) in [5.74, 6) is -0.615. The summed E-state index contributed by atoms with van der Waals surface area (Å²) in [6.45, 7) is 5.06. The third-order valence-corrected chi connectivity index (χ3v) is 5.36. The molecule has 0 radical (unpaired) electrons. The van der Waals surface area contributed by atoms with Gasteiger partial charge in [0.2, 0.25) is 5.88 Å². The molecular weight excluding hydrogens is 529 g/mol. The number of thiazole rings is 1. The number of ether oxygens (including phenoxy) is 2. The second-order valence-electron chi connectivity index (χ2n) is 7.29. The molecule has 15 heteroatoms. The number of nitrogens with two attached hydrogens (primary N) is 1. The van der Waals surface area contributed by atoms with Gasteiger partial charge in [-0.3, -0.25) is 0 Å². The first-order valence-electron chi connectivity index (χ1n) is 9.82. The summed E-state index contributed by atoms with van der Waals surface area (Å²) in [7, 11) is 1.51. The van der Waals surface area contributed by atoms with Crippen molar-refractivity contribution in [2.24, 2.45) is 5.73 Å². The number of fused-ring (bicyclic) bond motifs is 1. The zero-order valence-electron chi connectivity index (χ0n) is 19.2. The van der Waals surface area contributed by atoms with E-state index in [4.69, 9.17) is 15.2 Å². The summed E-state index contributed by atoms with van der Waals surface area (Å²) in [5, 5.41) is 5.75. The van der Waals surface area contributed by atoms with Crippen LogP contribution < -0.4 is 21.1 Å². The predicted octanol–water partition coefficient (Wildman–Crippen LogP) is 5.03. The van der Waals surface area contributed by atoms with Crippen molar-refractivity contribution in [1.29, 1.82) is 0 Å². The van der Waals surface area contributed by atoms with Gasteiger partial charge >= 0.3 is 12.2 Å². The van der Waals surface area contributed by atoms with Crippen LogP contribution >= 0.6 is 37.2 Å². The van der Waals surface area contributed by atoms with Gasteiger partial charge < -0.3 is 25.8 Å². The second kappa shape index (κ2) is 12.5. The first-order valence-corrected chi connectivity index (χ1v) is 10.6. The maximum atomic E-state index is 13.5. The summed E-state index contributed by atoms with van der Waals surface area (Å²) >= 11 is 1.39. The number of aryl methyl sites for hydroxylation is 1. The molecule has 0 aromatic carbocycles. The van der Waals surface area contributed by atoms with Crippen LogP contribution in [-0.2, 0) is 10.9 Å². The second-order valence-corrected chi connectivity index (χ2v) is 8.47. The van der Waals surface area contributed by atoms with E-state index >= 15 is 0 Å². The average Bonchev–Trinajstić information content (AvgIpc) is 3.11. The van der Waals surface area contributed by atoms with E-state index in [2.05, 4.69) is 25.6 Å². The Kier molecular flexibility index (Phi) is 11.0. The number of carbonyl (C=O) groups is 1. The first kappa shape index (κ1) is 30.6. The van der Waals surface area contributed by atoms with Gasteiger partial charge in [0, 0.05) is 18.7 Å². The molecule has 194 valence electrons. The van der Waals surface area contributed by atoms with E-state index < -0.39 is 35.8 Å². The molecule has 2 amide bonds. The lowest BCUT2D eigenvalue weighted by molar-refractivity contribution is -0.139. The van der Waals surface area contributed by atoms with Crippen molar-refractivity contribution in [2.75, 3.05) is 24.4 Å². The third-order valence-electron chi connectivity index (χ3n) is 4.48. The molecule has 0 unspecified atom stereocenters. The minimum Gasteiger partial charge on any atom is -0.476 e. The number of rotatable bonds is 7. The van der Waals surface area contributed by atoms with Crippen molar-refractivity contribution in [2.45, 2.75) is 39.1 Å². The number of methoxy groups -OCH3 is 1. The highest BCUT2D eigenvalue weighted by Gasteiger charge is 2.36. The molecular formula is C20H26ClF3N6O3S2. The lowest BCUT2D eigenvalue weighted by Crippen LogP contribution is -2.25. The maximum absolute atomic E-state index is 13.5. The number of halogens is 4. The van der Waals surface area contributed by atoms with Gasteiger partial charge in [0.1, 0.15) is 22.5 Å². The number of amides is 2. The SMILES string of the molecule is CO[C@@H](C)c1c(NC(=O)Nc2cnc(OC[C@H](C)N)c(C(F)(F)F)c2)cnc2sc(C)nc12.Cl.S. The van der Waals surface area contributed by atoms with Crippen molar-refractivity contribution in [1.82, 2.24) is 15.0 Å². The van der Waals surface area contributed by atoms with Gasteiger partial charge in [-0.2, -0.15) is 26.7 Å². The highest BCUT2D eigenvalue weighted by atomic mass is 35.5. The Bertz CT molecular complexity index is 1160. The van der Waals surface area contributed by atoms with Crippen LogP contribution in [0, 0.1) is 6.92 Å². The van der Waals surface area contributed by atoms with Gasteiger partial charge in [0.25, 0.3) is 0 Å². The Balaban J connectivity index is 0.00000306. The standard InChI is InChI=1S/C20H23F3N6O3S.ClH.H2S/c1-9(24)8-32-17-13(20(21,22)23)5-12(6-25-17)28-19(30)29-14-7-26-18-16(27-11(3)33-18)15(14)10(2)31-4;;/h5-7,9-10H,8,24H2,1-4H3,(H2,28,29,30);1H;1H2/t9-,10-;;/m0../s1. The molecule has 0 saturated heterocycles. The lowest BCUT2D eigenvalue weighted by Gasteiger charge is -2.17. The van der Waals surface area contributed by atoms with Crippen LogP contribution in [0.2, 0.25) is 0 Å². The van der Waals surface area contributed by atoms with Gasteiger partial charge in [0.15, 0.2) is 0 Å². The summed E-state index contributed by atoms with van der Waals surface area (Å²) < 4.78 is 50.9. The third kappa shape index (κ3) is 7.54. The first-order chi connectivity index (χ1) is 15.5. The Morgan fingerprint density at radius 3 is 2.51 bits per heavy atom. The summed E-state index contributed by atoms with van der Waals surface area (Å²) in [5.41, 5.74) is 5.74. The number of nitrogens with one attached hydrogen (secondary N) is 2. The van der Waals surface area contributed by atoms with Crippen LogP contribution in [0.3, 0.4) is 0 Å². The fourth-order valence-electron chi connectivity index (χ4n) is 2.96. The molecule has 0 aliphatic carbocycles. The number of anilines is 2. The molecule has 9 nitrogen and oxygen atoms in total. The molecule has 0 fully saturated rings. The van der Waals surface area contributed by atoms with Crippen molar-refractivity contribution < 1.29 is 27.4 Å². The molecule has 0 aliphatic rings. The minimum absolute atomic E-state index is 0. The number of hydrogen-bond acceptors (Lipinski definition) is 8. The van der Waals surface area contributed by atoms with Crippen LogP contribution in [0.4, 0.5) is 29.3 Å². The van der Waals surface area contributed by atoms with Crippen molar-refractivity contribution >= 4 is 65.0 Å². The molecule has 0 bridgehead atoms. The zero-order valence-corrected chi connectivity index (χ0v) is 21.8. The van der Waals surface area contributed by atoms with Crippen molar-refractivity contribution in [3.05, 3.63) is 34.6 Å². The van der Waals surface area contributed by atoms with Gasteiger partial charge in [0.05, 0.1) is 34.9 Å². The quantitative estimate of drug-likeness (QED) is 0.374. The normalized spacial score (nSPS) is 12.8. The van der Waals surface area contributed by atoms with E-state index in [1.165, 1.54) is 24.6 Å². The van der Waals surface area contributed by atoms with Gasteiger partial charge in [-0.25, -0.2) is 19.7 Å². The molecule has 3 heterocycles. The largest absolute Gasteiger partial charge is 0.476 e. The molecule has 3 aromatic rings.